The van der Waals surface area contributed by atoms with Gasteiger partial charge in [-0.05, 0) is 40.5 Å². The van der Waals surface area contributed by atoms with Crippen LogP contribution in [0.1, 0.15) is 47.0 Å². The van der Waals surface area contributed by atoms with Gasteiger partial charge in [0.2, 0.25) is 0 Å². The van der Waals surface area contributed by atoms with Crippen LogP contribution >= 0.6 is 0 Å². The molecule has 0 radical (unpaired) electrons. The van der Waals surface area contributed by atoms with Crippen molar-refractivity contribution in [3.63, 3.8) is 0 Å². The van der Waals surface area contributed by atoms with Gasteiger partial charge in [-0.25, -0.2) is 0 Å². The van der Waals surface area contributed by atoms with E-state index in [0.717, 1.165) is 12.8 Å². The van der Waals surface area contributed by atoms with Crippen LogP contribution in [0.5, 0.6) is 0 Å². The van der Waals surface area contributed by atoms with Crippen LogP contribution < -0.4 is 0 Å². The fourth-order valence-electron chi connectivity index (χ4n) is 1.55. The van der Waals surface area contributed by atoms with Gasteiger partial charge in [0.15, 0.2) is 5.78 Å². The highest BCUT2D eigenvalue weighted by Crippen LogP contribution is 2.20. The molecule has 1 saturated heterocycles. The number of hydrogen-bond acceptors (Lipinski definition) is 2. The van der Waals surface area contributed by atoms with Crippen molar-refractivity contribution in [2.24, 2.45) is 5.41 Å². The standard InChI is InChI=1S/C13H20O2/c1-10-7-8-12(15-10)11(14)6-5-9-13(2,3)4/h10,12H,6-8H2,1-4H3. The third kappa shape index (κ3) is 4.48. The monoisotopic (exact) mass is 208 g/mol. The first-order valence-corrected chi connectivity index (χ1v) is 5.57. The highest BCUT2D eigenvalue weighted by molar-refractivity contribution is 5.85. The molecule has 0 amide bonds. The summed E-state index contributed by atoms with van der Waals surface area (Å²) >= 11 is 0. The summed E-state index contributed by atoms with van der Waals surface area (Å²) in [6, 6.07) is 0. The second-order valence-electron chi connectivity index (χ2n) is 5.21. The fraction of sp³-hybridized carbons (Fsp3) is 0.769. The van der Waals surface area contributed by atoms with E-state index >= 15 is 0 Å². The van der Waals surface area contributed by atoms with Crippen LogP contribution in [0.4, 0.5) is 0 Å². The molecule has 0 aromatic heterocycles. The van der Waals surface area contributed by atoms with E-state index in [1.807, 2.05) is 27.7 Å². The quantitative estimate of drug-likeness (QED) is 0.652. The summed E-state index contributed by atoms with van der Waals surface area (Å²) in [5.41, 5.74) is -0.0237. The van der Waals surface area contributed by atoms with E-state index in [4.69, 9.17) is 4.74 Å². The molecule has 0 aromatic rings. The van der Waals surface area contributed by atoms with E-state index in [2.05, 4.69) is 11.8 Å². The summed E-state index contributed by atoms with van der Waals surface area (Å²) in [6.07, 6.45) is 2.21. The van der Waals surface area contributed by atoms with Gasteiger partial charge in [-0.2, -0.15) is 0 Å². The molecule has 0 N–H and O–H groups in total. The lowest BCUT2D eigenvalue weighted by atomic mass is 9.97. The molecule has 1 rings (SSSR count). The van der Waals surface area contributed by atoms with Gasteiger partial charge >= 0.3 is 0 Å². The molecule has 0 aliphatic carbocycles. The number of hydrogen-bond donors (Lipinski definition) is 0. The molecule has 2 heteroatoms. The SMILES string of the molecule is CC1CCC(C(=O)CC#CC(C)(C)C)O1. The first-order chi connectivity index (χ1) is 6.88. The van der Waals surface area contributed by atoms with E-state index in [0.29, 0.717) is 6.42 Å². The van der Waals surface area contributed by atoms with Gasteiger partial charge in [0.1, 0.15) is 6.10 Å². The van der Waals surface area contributed by atoms with Gasteiger partial charge in [0, 0.05) is 5.41 Å². The summed E-state index contributed by atoms with van der Waals surface area (Å²) < 4.78 is 5.49. The van der Waals surface area contributed by atoms with Crippen molar-refractivity contribution in [1.29, 1.82) is 0 Å². The van der Waals surface area contributed by atoms with Crippen LogP contribution in [0.2, 0.25) is 0 Å². The van der Waals surface area contributed by atoms with E-state index in [1.165, 1.54) is 0 Å². The van der Waals surface area contributed by atoms with Gasteiger partial charge in [-0.3, -0.25) is 4.79 Å². The molecule has 1 aliphatic rings. The van der Waals surface area contributed by atoms with Crippen LogP contribution in [0, 0.1) is 17.3 Å². The molecule has 0 aromatic carbocycles. The fourth-order valence-corrected chi connectivity index (χ4v) is 1.55. The normalized spacial score (nSPS) is 25.9. The average Bonchev–Trinajstić information content (AvgIpc) is 2.49. The van der Waals surface area contributed by atoms with Gasteiger partial charge in [-0.1, -0.05) is 11.8 Å². The van der Waals surface area contributed by atoms with Gasteiger partial charge in [0.05, 0.1) is 12.5 Å². The lowest BCUT2D eigenvalue weighted by molar-refractivity contribution is -0.128. The van der Waals surface area contributed by atoms with Gasteiger partial charge in [0.25, 0.3) is 0 Å². The molecule has 2 unspecified atom stereocenters. The molecule has 1 aliphatic heterocycles. The van der Waals surface area contributed by atoms with E-state index in [9.17, 15) is 4.79 Å². The first kappa shape index (κ1) is 12.3. The number of rotatable bonds is 2. The van der Waals surface area contributed by atoms with Crippen LogP contribution in [0.15, 0.2) is 0 Å². The van der Waals surface area contributed by atoms with Gasteiger partial charge in [-0.15, -0.1) is 0 Å². The summed E-state index contributed by atoms with van der Waals surface area (Å²) in [5, 5.41) is 0. The molecule has 0 spiro atoms. The Morgan fingerprint density at radius 3 is 2.53 bits per heavy atom. The maximum absolute atomic E-state index is 11.6. The van der Waals surface area contributed by atoms with Crippen molar-refractivity contribution in [3.05, 3.63) is 0 Å². The lowest BCUT2D eigenvalue weighted by Crippen LogP contribution is -2.19. The molecule has 2 nitrogen and oxygen atoms in total. The largest absolute Gasteiger partial charge is 0.367 e. The topological polar surface area (TPSA) is 26.3 Å². The Bertz CT molecular complexity index is 288. The molecule has 84 valence electrons. The summed E-state index contributed by atoms with van der Waals surface area (Å²) in [4.78, 5) is 11.6. The minimum atomic E-state index is -0.200. The third-order valence-corrected chi connectivity index (χ3v) is 2.32. The summed E-state index contributed by atoms with van der Waals surface area (Å²) in [5.74, 6) is 6.13. The van der Waals surface area contributed by atoms with E-state index in [-0.39, 0.29) is 23.4 Å². The van der Waals surface area contributed by atoms with Crippen LogP contribution in [-0.4, -0.2) is 18.0 Å². The number of Topliss-reactive ketones (excluding diaryl/α,β-unsaturated/α-hetero) is 1. The predicted molar refractivity (Wildman–Crippen MR) is 60.4 cm³/mol. The van der Waals surface area contributed by atoms with Crippen LogP contribution in [0.3, 0.4) is 0 Å². The molecular formula is C13H20O2. The van der Waals surface area contributed by atoms with E-state index < -0.39 is 0 Å². The Morgan fingerprint density at radius 1 is 1.40 bits per heavy atom. The maximum atomic E-state index is 11.6. The number of ether oxygens (including phenoxy) is 1. The second-order valence-corrected chi connectivity index (χ2v) is 5.21. The Morgan fingerprint density at radius 2 is 2.07 bits per heavy atom. The molecule has 0 saturated carbocycles. The molecule has 2 atom stereocenters. The number of carbonyl (C=O) groups excluding carboxylic acids is 1. The summed E-state index contributed by atoms with van der Waals surface area (Å²) in [7, 11) is 0. The Labute approximate surface area is 92.4 Å². The van der Waals surface area contributed by atoms with Crippen molar-refractivity contribution in [2.75, 3.05) is 0 Å². The van der Waals surface area contributed by atoms with Crippen molar-refractivity contribution >= 4 is 5.78 Å². The van der Waals surface area contributed by atoms with Crippen molar-refractivity contribution in [2.45, 2.75) is 59.2 Å². The zero-order valence-electron chi connectivity index (χ0n) is 10.1. The van der Waals surface area contributed by atoms with E-state index in [1.54, 1.807) is 0 Å². The lowest BCUT2D eigenvalue weighted by Gasteiger charge is -2.09. The Balaban J connectivity index is 2.39. The number of ketones is 1. The highest BCUT2D eigenvalue weighted by Gasteiger charge is 2.27. The Hall–Kier alpha value is -0.810. The van der Waals surface area contributed by atoms with Crippen molar-refractivity contribution in [3.8, 4) is 11.8 Å². The van der Waals surface area contributed by atoms with Crippen molar-refractivity contribution < 1.29 is 9.53 Å². The van der Waals surface area contributed by atoms with Gasteiger partial charge < -0.3 is 4.74 Å². The molecule has 15 heavy (non-hydrogen) atoms. The van der Waals surface area contributed by atoms with Crippen LogP contribution in [0.25, 0.3) is 0 Å². The zero-order valence-corrected chi connectivity index (χ0v) is 10.1. The smallest absolute Gasteiger partial charge is 0.173 e. The second kappa shape index (κ2) is 4.81. The first-order valence-electron chi connectivity index (χ1n) is 5.57. The Kier molecular flexibility index (Phi) is 3.93. The minimum absolute atomic E-state index is 0.0237. The predicted octanol–water partition coefficient (Wildman–Crippen LogP) is 2.56. The summed E-state index contributed by atoms with van der Waals surface area (Å²) in [6.45, 7) is 8.13. The van der Waals surface area contributed by atoms with Crippen molar-refractivity contribution in [1.82, 2.24) is 0 Å². The number of carbonyl (C=O) groups is 1. The molecule has 1 fully saturated rings. The third-order valence-electron chi connectivity index (χ3n) is 2.32. The maximum Gasteiger partial charge on any atom is 0.173 e. The van der Waals surface area contributed by atoms with Crippen LogP contribution in [-0.2, 0) is 9.53 Å². The molecule has 1 heterocycles. The molecular weight excluding hydrogens is 188 g/mol. The minimum Gasteiger partial charge on any atom is -0.367 e. The zero-order chi connectivity index (χ0) is 11.5. The average molecular weight is 208 g/mol. The highest BCUT2D eigenvalue weighted by atomic mass is 16.5. The molecule has 0 bridgehead atoms.